The van der Waals surface area contributed by atoms with Crippen molar-refractivity contribution in [1.29, 1.82) is 0 Å². The van der Waals surface area contributed by atoms with Gasteiger partial charge in [0.2, 0.25) is 5.91 Å². The zero-order chi connectivity index (χ0) is 25.0. The van der Waals surface area contributed by atoms with Gasteiger partial charge in [0.05, 0.1) is 19.4 Å². The summed E-state index contributed by atoms with van der Waals surface area (Å²) in [4.78, 5) is 30.1. The summed E-state index contributed by atoms with van der Waals surface area (Å²) in [5.41, 5.74) is 1.69. The van der Waals surface area contributed by atoms with E-state index in [2.05, 4.69) is 19.1 Å². The minimum Gasteiger partial charge on any atom is -0.494 e. The molecule has 2 aromatic carbocycles. The molecule has 186 valence electrons. The lowest BCUT2D eigenvalue weighted by molar-refractivity contribution is -0.133. The number of carbonyl (C=O) groups excluding carboxylic acids is 2. The van der Waals surface area contributed by atoms with Crippen LogP contribution < -0.4 is 4.74 Å². The molecule has 0 bridgehead atoms. The number of unbranched alkanes of at least 4 members (excludes halogenated alkanes) is 1. The molecule has 6 heteroatoms. The molecule has 2 amide bonds. The van der Waals surface area contributed by atoms with E-state index in [1.165, 1.54) is 0 Å². The molecule has 0 saturated carbocycles. The molecule has 0 unspecified atom stereocenters. The Morgan fingerprint density at radius 3 is 2.34 bits per heavy atom. The molecule has 0 N–H and O–H groups in total. The number of rotatable bonds is 13. The zero-order valence-electron chi connectivity index (χ0n) is 21.0. The number of benzene rings is 2. The first-order valence-electron chi connectivity index (χ1n) is 12.4. The van der Waals surface area contributed by atoms with Gasteiger partial charge in [-0.15, -0.1) is 0 Å². The Bertz CT molecular complexity index is 1030. The molecule has 0 aliphatic heterocycles. The first-order chi connectivity index (χ1) is 17.0. The fourth-order valence-corrected chi connectivity index (χ4v) is 3.72. The van der Waals surface area contributed by atoms with E-state index in [1.54, 1.807) is 28.2 Å². The maximum absolute atomic E-state index is 13.4. The SMILES string of the molecule is CCCCOc1ccc(C(=O)N(CC(=O)N(CCc2ccccc2)Cc2ccco2)C(C)C)cc1. The maximum Gasteiger partial charge on any atom is 0.254 e. The average molecular weight is 477 g/mol. The van der Waals surface area contributed by atoms with Crippen LogP contribution in [-0.4, -0.2) is 47.4 Å². The van der Waals surface area contributed by atoms with E-state index in [-0.39, 0.29) is 24.4 Å². The van der Waals surface area contributed by atoms with E-state index in [4.69, 9.17) is 9.15 Å². The predicted molar refractivity (Wildman–Crippen MR) is 137 cm³/mol. The molecule has 1 aromatic heterocycles. The summed E-state index contributed by atoms with van der Waals surface area (Å²) in [6.45, 7) is 7.52. The summed E-state index contributed by atoms with van der Waals surface area (Å²) >= 11 is 0. The Morgan fingerprint density at radius 1 is 0.971 bits per heavy atom. The van der Waals surface area contributed by atoms with E-state index < -0.39 is 0 Å². The van der Waals surface area contributed by atoms with Crippen molar-refractivity contribution in [1.82, 2.24) is 9.80 Å². The lowest BCUT2D eigenvalue weighted by Gasteiger charge is -2.30. The first kappa shape index (κ1) is 26.1. The number of hydrogen-bond acceptors (Lipinski definition) is 4. The quantitative estimate of drug-likeness (QED) is 0.302. The molecule has 35 heavy (non-hydrogen) atoms. The van der Waals surface area contributed by atoms with Crippen LogP contribution in [0, 0.1) is 0 Å². The van der Waals surface area contributed by atoms with Crippen molar-refractivity contribution in [2.45, 2.75) is 52.6 Å². The molecule has 0 aliphatic rings. The molecular formula is C29H36N2O4. The van der Waals surface area contributed by atoms with Crippen molar-refractivity contribution in [3.8, 4) is 5.75 Å². The normalized spacial score (nSPS) is 10.9. The van der Waals surface area contributed by atoms with Gasteiger partial charge in [0, 0.05) is 18.2 Å². The Balaban J connectivity index is 1.69. The van der Waals surface area contributed by atoms with Crippen LogP contribution in [0.1, 0.15) is 55.3 Å². The molecule has 1 heterocycles. The second-order valence-corrected chi connectivity index (χ2v) is 8.88. The third-order valence-corrected chi connectivity index (χ3v) is 5.85. The molecule has 3 aromatic rings. The predicted octanol–water partition coefficient (Wildman–Crippen LogP) is 5.58. The second-order valence-electron chi connectivity index (χ2n) is 8.88. The smallest absolute Gasteiger partial charge is 0.254 e. The van der Waals surface area contributed by atoms with Crippen molar-refractivity contribution in [2.24, 2.45) is 0 Å². The van der Waals surface area contributed by atoms with Crippen LogP contribution in [0.4, 0.5) is 0 Å². The number of furan rings is 1. The van der Waals surface area contributed by atoms with Gasteiger partial charge in [0.25, 0.3) is 5.91 Å². The summed E-state index contributed by atoms with van der Waals surface area (Å²) in [6.07, 6.45) is 4.39. The molecule has 0 aliphatic carbocycles. The number of nitrogens with zero attached hydrogens (tertiary/aromatic N) is 2. The highest BCUT2D eigenvalue weighted by Crippen LogP contribution is 2.16. The Kier molecular flexibility index (Phi) is 9.96. The van der Waals surface area contributed by atoms with Crippen LogP contribution in [0.2, 0.25) is 0 Å². The third kappa shape index (κ3) is 8.02. The van der Waals surface area contributed by atoms with Gasteiger partial charge in [0.15, 0.2) is 0 Å². The van der Waals surface area contributed by atoms with Crippen molar-refractivity contribution >= 4 is 11.8 Å². The molecule has 0 radical (unpaired) electrons. The largest absolute Gasteiger partial charge is 0.494 e. The van der Waals surface area contributed by atoms with Gasteiger partial charge in [0.1, 0.15) is 18.1 Å². The minimum absolute atomic E-state index is 0.000744. The highest BCUT2D eigenvalue weighted by molar-refractivity contribution is 5.96. The molecule has 0 saturated heterocycles. The third-order valence-electron chi connectivity index (χ3n) is 5.85. The highest BCUT2D eigenvalue weighted by Gasteiger charge is 2.25. The monoisotopic (exact) mass is 476 g/mol. The average Bonchev–Trinajstić information content (AvgIpc) is 3.39. The maximum atomic E-state index is 13.4. The van der Waals surface area contributed by atoms with Crippen molar-refractivity contribution in [3.63, 3.8) is 0 Å². The van der Waals surface area contributed by atoms with Crippen molar-refractivity contribution < 1.29 is 18.7 Å². The van der Waals surface area contributed by atoms with E-state index in [0.29, 0.717) is 31.0 Å². The minimum atomic E-state index is -0.172. The number of ether oxygens (including phenoxy) is 1. The second kappa shape index (κ2) is 13.4. The van der Waals surface area contributed by atoms with Crippen LogP contribution >= 0.6 is 0 Å². The number of amides is 2. The van der Waals surface area contributed by atoms with E-state index in [0.717, 1.165) is 30.6 Å². The number of hydrogen-bond donors (Lipinski definition) is 0. The van der Waals surface area contributed by atoms with Gasteiger partial charge in [-0.25, -0.2) is 0 Å². The molecular weight excluding hydrogens is 440 g/mol. The van der Waals surface area contributed by atoms with Crippen LogP contribution in [-0.2, 0) is 17.8 Å². The molecule has 0 atom stereocenters. The summed E-state index contributed by atoms with van der Waals surface area (Å²) in [6, 6.07) is 20.8. The molecule has 0 fully saturated rings. The van der Waals surface area contributed by atoms with Gasteiger partial charge in [-0.3, -0.25) is 9.59 Å². The Hall–Kier alpha value is -3.54. The molecule has 3 rings (SSSR count). The van der Waals surface area contributed by atoms with Crippen molar-refractivity contribution in [2.75, 3.05) is 19.7 Å². The Labute approximate surface area is 208 Å². The van der Waals surface area contributed by atoms with Crippen LogP contribution in [0.25, 0.3) is 0 Å². The standard InChI is InChI=1S/C29H36N2O4/c1-4-5-19-34-26-15-13-25(14-16-26)29(33)31(23(2)3)22-28(32)30(21-27-12-9-20-35-27)18-17-24-10-7-6-8-11-24/h6-16,20,23H,4-5,17-19,21-22H2,1-3H3. The van der Waals surface area contributed by atoms with Gasteiger partial charge >= 0.3 is 0 Å². The van der Waals surface area contributed by atoms with Gasteiger partial charge in [-0.2, -0.15) is 0 Å². The van der Waals surface area contributed by atoms with Crippen LogP contribution in [0.5, 0.6) is 5.75 Å². The van der Waals surface area contributed by atoms with E-state index in [9.17, 15) is 9.59 Å². The fourth-order valence-electron chi connectivity index (χ4n) is 3.72. The lowest BCUT2D eigenvalue weighted by atomic mass is 10.1. The number of carbonyl (C=O) groups is 2. The van der Waals surface area contributed by atoms with Gasteiger partial charge < -0.3 is 19.0 Å². The zero-order valence-corrected chi connectivity index (χ0v) is 21.0. The summed E-state index contributed by atoms with van der Waals surface area (Å²) in [7, 11) is 0. The highest BCUT2D eigenvalue weighted by atomic mass is 16.5. The van der Waals surface area contributed by atoms with Crippen LogP contribution in [0.15, 0.2) is 77.4 Å². The molecule has 0 spiro atoms. The molecule has 6 nitrogen and oxygen atoms in total. The summed E-state index contributed by atoms with van der Waals surface area (Å²) < 4.78 is 11.2. The van der Waals surface area contributed by atoms with E-state index in [1.807, 2.05) is 56.3 Å². The van der Waals surface area contributed by atoms with Gasteiger partial charge in [-0.1, -0.05) is 43.7 Å². The summed E-state index contributed by atoms with van der Waals surface area (Å²) in [5.74, 6) is 1.17. The van der Waals surface area contributed by atoms with Gasteiger partial charge in [-0.05, 0) is 68.7 Å². The Morgan fingerprint density at radius 2 is 1.71 bits per heavy atom. The fraction of sp³-hybridized carbons (Fsp3) is 0.379. The first-order valence-corrected chi connectivity index (χ1v) is 12.4. The lowest BCUT2D eigenvalue weighted by Crippen LogP contribution is -2.46. The van der Waals surface area contributed by atoms with E-state index >= 15 is 0 Å². The summed E-state index contributed by atoms with van der Waals surface area (Å²) in [5, 5.41) is 0. The van der Waals surface area contributed by atoms with Crippen molar-refractivity contribution in [3.05, 3.63) is 89.9 Å². The topological polar surface area (TPSA) is 63.0 Å². The van der Waals surface area contributed by atoms with Crippen LogP contribution in [0.3, 0.4) is 0 Å².